The zero-order valence-electron chi connectivity index (χ0n) is 11.1. The molecular weight excluding hydrogens is 260 g/mol. The van der Waals surface area contributed by atoms with Gasteiger partial charge in [-0.15, -0.1) is 0 Å². The van der Waals surface area contributed by atoms with Crippen molar-refractivity contribution in [1.29, 1.82) is 0 Å². The highest BCUT2D eigenvalue weighted by molar-refractivity contribution is 6.32. The number of carbonyl (C=O) groups is 1. The van der Waals surface area contributed by atoms with E-state index in [1.807, 2.05) is 24.3 Å². The molecule has 3 nitrogen and oxygen atoms in total. The van der Waals surface area contributed by atoms with Crippen LogP contribution in [0.4, 0.5) is 0 Å². The third-order valence-corrected chi connectivity index (χ3v) is 3.28. The van der Waals surface area contributed by atoms with Gasteiger partial charge in [0, 0.05) is 5.56 Å². The van der Waals surface area contributed by atoms with Gasteiger partial charge in [0.1, 0.15) is 11.5 Å². The smallest absolute Gasteiger partial charge is 0.155 e. The number of hydrogen-bond donors (Lipinski definition) is 0. The first kappa shape index (κ1) is 13.7. The molecule has 0 N–H and O–H groups in total. The Balaban J connectivity index is 2.49. The highest BCUT2D eigenvalue weighted by Gasteiger charge is 2.15. The fraction of sp³-hybridized carbons (Fsp3) is 0.267. The fourth-order valence-corrected chi connectivity index (χ4v) is 2.01. The standard InChI is InChI=1S/C15H15ClN2O/c1-15(2,3)11-6-4-10(5-7-11)13-12(8-19)14(16)18-9-17-13/h4-9H,1-3H3. The van der Waals surface area contributed by atoms with E-state index in [0.29, 0.717) is 17.5 Å². The van der Waals surface area contributed by atoms with E-state index in [-0.39, 0.29) is 10.6 Å². The molecular formula is C15H15ClN2O. The van der Waals surface area contributed by atoms with Crippen molar-refractivity contribution < 1.29 is 4.79 Å². The second-order valence-corrected chi connectivity index (χ2v) is 5.73. The predicted molar refractivity (Wildman–Crippen MR) is 76.6 cm³/mol. The van der Waals surface area contributed by atoms with E-state index in [4.69, 9.17) is 11.6 Å². The average Bonchev–Trinajstić information content (AvgIpc) is 2.37. The molecule has 2 aromatic rings. The summed E-state index contributed by atoms with van der Waals surface area (Å²) in [7, 11) is 0. The van der Waals surface area contributed by atoms with Crippen LogP contribution in [0, 0.1) is 0 Å². The molecule has 2 rings (SSSR count). The van der Waals surface area contributed by atoms with E-state index < -0.39 is 0 Å². The van der Waals surface area contributed by atoms with Crippen LogP contribution in [0.2, 0.25) is 5.15 Å². The van der Waals surface area contributed by atoms with Gasteiger partial charge in [-0.05, 0) is 11.0 Å². The lowest BCUT2D eigenvalue weighted by Gasteiger charge is -2.19. The second kappa shape index (κ2) is 5.10. The van der Waals surface area contributed by atoms with Crippen LogP contribution in [-0.4, -0.2) is 16.3 Å². The molecule has 0 bridgehead atoms. The van der Waals surface area contributed by atoms with E-state index in [9.17, 15) is 4.79 Å². The highest BCUT2D eigenvalue weighted by Crippen LogP contribution is 2.27. The highest BCUT2D eigenvalue weighted by atomic mass is 35.5. The first-order chi connectivity index (χ1) is 8.93. The van der Waals surface area contributed by atoms with Gasteiger partial charge in [-0.3, -0.25) is 4.79 Å². The van der Waals surface area contributed by atoms with Gasteiger partial charge in [-0.1, -0.05) is 56.6 Å². The maximum Gasteiger partial charge on any atom is 0.155 e. The van der Waals surface area contributed by atoms with Gasteiger partial charge in [0.15, 0.2) is 6.29 Å². The first-order valence-electron chi connectivity index (χ1n) is 6.00. The van der Waals surface area contributed by atoms with Crippen molar-refractivity contribution in [3.05, 3.63) is 46.9 Å². The van der Waals surface area contributed by atoms with Crippen LogP contribution in [0.5, 0.6) is 0 Å². The largest absolute Gasteiger partial charge is 0.298 e. The minimum absolute atomic E-state index is 0.0926. The number of carbonyl (C=O) groups excluding carboxylic acids is 1. The molecule has 0 aliphatic heterocycles. The molecule has 0 fully saturated rings. The van der Waals surface area contributed by atoms with Crippen molar-refractivity contribution in [3.8, 4) is 11.3 Å². The Morgan fingerprint density at radius 3 is 2.26 bits per heavy atom. The average molecular weight is 275 g/mol. The third-order valence-electron chi connectivity index (χ3n) is 2.98. The Bertz CT molecular complexity index is 601. The topological polar surface area (TPSA) is 42.9 Å². The first-order valence-corrected chi connectivity index (χ1v) is 6.38. The number of rotatable bonds is 2. The molecule has 0 atom stereocenters. The summed E-state index contributed by atoms with van der Waals surface area (Å²) in [6, 6.07) is 7.98. The van der Waals surface area contributed by atoms with Crippen LogP contribution in [0.1, 0.15) is 36.7 Å². The Labute approximate surface area is 117 Å². The third kappa shape index (κ3) is 2.82. The number of nitrogens with zero attached hydrogens (tertiary/aromatic N) is 2. The van der Waals surface area contributed by atoms with Gasteiger partial charge >= 0.3 is 0 Å². The molecule has 0 saturated heterocycles. The lowest BCUT2D eigenvalue weighted by atomic mass is 9.86. The minimum Gasteiger partial charge on any atom is -0.298 e. The van der Waals surface area contributed by atoms with Gasteiger partial charge in [0.05, 0.1) is 11.3 Å². The molecule has 0 amide bonds. The molecule has 19 heavy (non-hydrogen) atoms. The monoisotopic (exact) mass is 274 g/mol. The van der Waals surface area contributed by atoms with Crippen molar-refractivity contribution in [3.63, 3.8) is 0 Å². The van der Waals surface area contributed by atoms with E-state index in [1.165, 1.54) is 11.9 Å². The summed E-state index contributed by atoms with van der Waals surface area (Å²) >= 11 is 5.90. The van der Waals surface area contributed by atoms with Gasteiger partial charge in [-0.2, -0.15) is 0 Å². The Kier molecular flexibility index (Phi) is 3.67. The predicted octanol–water partition coefficient (Wildman–Crippen LogP) is 3.91. The maximum absolute atomic E-state index is 11.1. The minimum atomic E-state index is 0.0926. The SMILES string of the molecule is CC(C)(C)c1ccc(-c2ncnc(Cl)c2C=O)cc1. The number of aldehydes is 1. The molecule has 0 saturated carbocycles. The molecule has 0 radical (unpaired) electrons. The summed E-state index contributed by atoms with van der Waals surface area (Å²) in [5.41, 5.74) is 3.07. The summed E-state index contributed by atoms with van der Waals surface area (Å²) < 4.78 is 0. The van der Waals surface area contributed by atoms with E-state index in [1.54, 1.807) is 0 Å². The van der Waals surface area contributed by atoms with E-state index in [0.717, 1.165) is 5.56 Å². The summed E-state index contributed by atoms with van der Waals surface area (Å²) in [6.07, 6.45) is 2.05. The van der Waals surface area contributed by atoms with Gasteiger partial charge in [0.2, 0.25) is 0 Å². The van der Waals surface area contributed by atoms with Crippen molar-refractivity contribution in [1.82, 2.24) is 9.97 Å². The van der Waals surface area contributed by atoms with Gasteiger partial charge in [-0.25, -0.2) is 9.97 Å². The number of benzene rings is 1. The Morgan fingerprint density at radius 2 is 1.74 bits per heavy atom. The summed E-state index contributed by atoms with van der Waals surface area (Å²) in [4.78, 5) is 19.0. The molecule has 0 spiro atoms. The van der Waals surface area contributed by atoms with Crippen molar-refractivity contribution >= 4 is 17.9 Å². The van der Waals surface area contributed by atoms with Crippen molar-refractivity contribution in [2.75, 3.05) is 0 Å². The summed E-state index contributed by atoms with van der Waals surface area (Å²) in [5, 5.41) is 0.180. The maximum atomic E-state index is 11.1. The summed E-state index contributed by atoms with van der Waals surface area (Å²) in [6.45, 7) is 6.46. The van der Waals surface area contributed by atoms with Crippen LogP contribution in [0.25, 0.3) is 11.3 Å². The van der Waals surface area contributed by atoms with Crippen LogP contribution in [0.15, 0.2) is 30.6 Å². The van der Waals surface area contributed by atoms with Crippen LogP contribution in [0.3, 0.4) is 0 Å². The quantitative estimate of drug-likeness (QED) is 0.616. The molecule has 98 valence electrons. The molecule has 1 aromatic heterocycles. The lowest BCUT2D eigenvalue weighted by Crippen LogP contribution is -2.10. The molecule has 1 heterocycles. The van der Waals surface area contributed by atoms with Crippen molar-refractivity contribution in [2.24, 2.45) is 0 Å². The normalized spacial score (nSPS) is 11.4. The Hall–Kier alpha value is -1.74. The van der Waals surface area contributed by atoms with Crippen LogP contribution < -0.4 is 0 Å². The van der Waals surface area contributed by atoms with Crippen molar-refractivity contribution in [2.45, 2.75) is 26.2 Å². The zero-order chi connectivity index (χ0) is 14.0. The molecule has 0 unspecified atom stereocenters. The molecule has 1 aromatic carbocycles. The van der Waals surface area contributed by atoms with Gasteiger partial charge in [0.25, 0.3) is 0 Å². The van der Waals surface area contributed by atoms with Crippen LogP contribution >= 0.6 is 11.6 Å². The zero-order valence-corrected chi connectivity index (χ0v) is 11.9. The fourth-order valence-electron chi connectivity index (χ4n) is 1.84. The van der Waals surface area contributed by atoms with E-state index >= 15 is 0 Å². The lowest BCUT2D eigenvalue weighted by molar-refractivity contribution is 0.112. The number of hydrogen-bond acceptors (Lipinski definition) is 3. The summed E-state index contributed by atoms with van der Waals surface area (Å²) in [5.74, 6) is 0. The van der Waals surface area contributed by atoms with E-state index in [2.05, 4.69) is 30.7 Å². The second-order valence-electron chi connectivity index (χ2n) is 5.37. The van der Waals surface area contributed by atoms with Gasteiger partial charge < -0.3 is 0 Å². The molecule has 0 aliphatic carbocycles. The number of aromatic nitrogens is 2. The number of halogens is 1. The Morgan fingerprint density at radius 1 is 1.11 bits per heavy atom. The molecule has 0 aliphatic rings. The molecule has 4 heteroatoms. The van der Waals surface area contributed by atoms with Crippen LogP contribution in [-0.2, 0) is 5.41 Å².